The van der Waals surface area contributed by atoms with Crippen LogP contribution < -0.4 is 4.74 Å². The number of aryl methyl sites for hydroxylation is 1. The van der Waals surface area contributed by atoms with E-state index in [-0.39, 0.29) is 6.61 Å². The second-order valence-corrected chi connectivity index (χ2v) is 9.33. The molecular weight excluding hydrogens is 448 g/mol. The van der Waals surface area contributed by atoms with Crippen molar-refractivity contribution in [2.75, 3.05) is 26.3 Å². The van der Waals surface area contributed by atoms with Crippen molar-refractivity contribution in [3.8, 4) is 28.3 Å². The summed E-state index contributed by atoms with van der Waals surface area (Å²) in [4.78, 5) is 16.6. The molecule has 1 N–H and O–H groups in total. The average Bonchev–Trinajstić information content (AvgIpc) is 2.93. The Morgan fingerprint density at radius 1 is 1.00 bits per heavy atom. The van der Waals surface area contributed by atoms with Crippen LogP contribution in [0.1, 0.15) is 35.6 Å². The van der Waals surface area contributed by atoms with Crippen LogP contribution in [-0.2, 0) is 6.54 Å². The van der Waals surface area contributed by atoms with Gasteiger partial charge in [-0.2, -0.15) is 0 Å². The molecule has 0 saturated carbocycles. The van der Waals surface area contributed by atoms with Gasteiger partial charge in [-0.15, -0.1) is 0 Å². The quantitative estimate of drug-likeness (QED) is 0.371. The number of likely N-dealkylation sites (tertiary alicyclic amines) is 1. The average molecular weight is 481 g/mol. The van der Waals surface area contributed by atoms with Gasteiger partial charge < -0.3 is 9.84 Å². The number of rotatable bonds is 8. The Bertz CT molecular complexity index is 1280. The fourth-order valence-electron chi connectivity index (χ4n) is 4.96. The third kappa shape index (κ3) is 5.61. The molecule has 1 aliphatic rings. The molecule has 0 aliphatic carbocycles. The predicted molar refractivity (Wildman–Crippen MR) is 142 cm³/mol. The lowest BCUT2D eigenvalue weighted by Gasteiger charge is -2.33. The molecule has 0 spiro atoms. The van der Waals surface area contributed by atoms with Crippen LogP contribution in [0.2, 0.25) is 0 Å². The molecule has 5 rings (SSSR count). The van der Waals surface area contributed by atoms with E-state index in [2.05, 4.69) is 53.2 Å². The molecule has 36 heavy (non-hydrogen) atoms. The molecule has 1 aliphatic heterocycles. The highest BCUT2D eigenvalue weighted by Crippen LogP contribution is 2.35. The summed E-state index contributed by atoms with van der Waals surface area (Å²) in [7, 11) is 0. The second-order valence-electron chi connectivity index (χ2n) is 9.33. The molecule has 1 atom stereocenters. The number of aromatic nitrogens is 3. The number of piperidine rings is 1. The molecule has 2 aromatic carbocycles. The van der Waals surface area contributed by atoms with Gasteiger partial charge in [-0.05, 0) is 67.3 Å². The molecule has 2 aromatic heterocycles. The molecule has 1 unspecified atom stereocenters. The molecule has 4 aromatic rings. The SMILES string of the molecule is Cc1ccccc1-c1cnc(-c2ccncc2)nc1C1CCCN(Cc2ccc(OCCO)cc2)C1. The maximum atomic E-state index is 8.96. The summed E-state index contributed by atoms with van der Waals surface area (Å²) in [5.41, 5.74) is 6.93. The molecular formula is C30H32N4O2. The van der Waals surface area contributed by atoms with Gasteiger partial charge in [-0.25, -0.2) is 9.97 Å². The molecule has 3 heterocycles. The largest absolute Gasteiger partial charge is 0.491 e. The third-order valence-corrected chi connectivity index (χ3v) is 6.77. The zero-order valence-corrected chi connectivity index (χ0v) is 20.7. The van der Waals surface area contributed by atoms with Crippen molar-refractivity contribution < 1.29 is 9.84 Å². The molecule has 1 saturated heterocycles. The van der Waals surface area contributed by atoms with E-state index in [9.17, 15) is 0 Å². The first-order valence-corrected chi connectivity index (χ1v) is 12.6. The minimum absolute atomic E-state index is 0.0212. The summed E-state index contributed by atoms with van der Waals surface area (Å²) in [6.45, 7) is 5.40. The zero-order valence-electron chi connectivity index (χ0n) is 20.7. The summed E-state index contributed by atoms with van der Waals surface area (Å²) in [5.74, 6) is 1.86. The minimum atomic E-state index is 0.0212. The molecule has 0 radical (unpaired) electrons. The molecule has 1 fully saturated rings. The molecule has 6 nitrogen and oxygen atoms in total. The van der Waals surface area contributed by atoms with Gasteiger partial charge in [0.25, 0.3) is 0 Å². The first-order chi connectivity index (χ1) is 17.7. The Labute approximate surface area is 212 Å². The Balaban J connectivity index is 1.42. The maximum Gasteiger partial charge on any atom is 0.159 e. The van der Waals surface area contributed by atoms with Crippen molar-refractivity contribution in [2.24, 2.45) is 0 Å². The Morgan fingerprint density at radius 2 is 1.81 bits per heavy atom. The Morgan fingerprint density at radius 3 is 2.58 bits per heavy atom. The van der Waals surface area contributed by atoms with Crippen LogP contribution in [0.15, 0.2) is 79.3 Å². The van der Waals surface area contributed by atoms with E-state index in [1.54, 1.807) is 12.4 Å². The Kier molecular flexibility index (Phi) is 7.64. The van der Waals surface area contributed by atoms with Crippen LogP contribution in [0.3, 0.4) is 0 Å². The summed E-state index contributed by atoms with van der Waals surface area (Å²) in [5, 5.41) is 8.96. The number of benzene rings is 2. The minimum Gasteiger partial charge on any atom is -0.491 e. The fourth-order valence-corrected chi connectivity index (χ4v) is 4.96. The molecule has 6 heteroatoms. The smallest absolute Gasteiger partial charge is 0.159 e. The zero-order chi connectivity index (χ0) is 24.7. The van der Waals surface area contributed by atoms with Gasteiger partial charge in [0.2, 0.25) is 0 Å². The number of hydrogen-bond acceptors (Lipinski definition) is 6. The second kappa shape index (κ2) is 11.4. The van der Waals surface area contributed by atoms with Crippen LogP contribution >= 0.6 is 0 Å². The molecule has 0 amide bonds. The topological polar surface area (TPSA) is 71.4 Å². The molecule has 184 valence electrons. The summed E-state index contributed by atoms with van der Waals surface area (Å²) < 4.78 is 5.51. The lowest BCUT2D eigenvalue weighted by atomic mass is 9.88. The van der Waals surface area contributed by atoms with Crippen molar-refractivity contribution in [1.82, 2.24) is 19.9 Å². The van der Waals surface area contributed by atoms with Gasteiger partial charge in [0.05, 0.1) is 12.3 Å². The van der Waals surface area contributed by atoms with Crippen LogP contribution in [0.4, 0.5) is 0 Å². The van der Waals surface area contributed by atoms with Crippen molar-refractivity contribution in [3.63, 3.8) is 0 Å². The van der Waals surface area contributed by atoms with Gasteiger partial charge in [0.15, 0.2) is 5.82 Å². The summed E-state index contributed by atoms with van der Waals surface area (Å²) in [6.07, 6.45) is 7.82. The van der Waals surface area contributed by atoms with Gasteiger partial charge in [0.1, 0.15) is 12.4 Å². The van der Waals surface area contributed by atoms with E-state index in [1.165, 1.54) is 16.7 Å². The van der Waals surface area contributed by atoms with E-state index >= 15 is 0 Å². The number of aliphatic hydroxyl groups excluding tert-OH is 1. The first-order valence-electron chi connectivity index (χ1n) is 12.6. The number of pyridine rings is 1. The highest BCUT2D eigenvalue weighted by Gasteiger charge is 2.26. The van der Waals surface area contributed by atoms with Crippen LogP contribution in [-0.4, -0.2) is 51.3 Å². The van der Waals surface area contributed by atoms with Crippen molar-refractivity contribution >= 4 is 0 Å². The fraction of sp³-hybridized carbons (Fsp3) is 0.300. The van der Waals surface area contributed by atoms with Crippen molar-refractivity contribution in [1.29, 1.82) is 0 Å². The monoisotopic (exact) mass is 480 g/mol. The molecule has 0 bridgehead atoms. The van der Waals surface area contributed by atoms with E-state index < -0.39 is 0 Å². The number of aliphatic hydroxyl groups is 1. The predicted octanol–water partition coefficient (Wildman–Crippen LogP) is 5.26. The van der Waals surface area contributed by atoms with E-state index in [1.807, 2.05) is 30.5 Å². The first kappa shape index (κ1) is 24.1. The number of ether oxygens (including phenoxy) is 1. The Hall–Kier alpha value is -3.61. The summed E-state index contributed by atoms with van der Waals surface area (Å²) >= 11 is 0. The normalized spacial score (nSPS) is 16.1. The van der Waals surface area contributed by atoms with Gasteiger partial charge >= 0.3 is 0 Å². The van der Waals surface area contributed by atoms with E-state index in [0.29, 0.717) is 12.5 Å². The van der Waals surface area contributed by atoms with Gasteiger partial charge in [-0.3, -0.25) is 9.88 Å². The number of hydrogen-bond donors (Lipinski definition) is 1. The van der Waals surface area contributed by atoms with E-state index in [4.69, 9.17) is 19.8 Å². The van der Waals surface area contributed by atoms with E-state index in [0.717, 1.165) is 60.9 Å². The highest BCUT2D eigenvalue weighted by molar-refractivity contribution is 5.70. The van der Waals surface area contributed by atoms with Gasteiger partial charge in [0, 0.05) is 48.7 Å². The third-order valence-electron chi connectivity index (χ3n) is 6.77. The summed E-state index contributed by atoms with van der Waals surface area (Å²) in [6, 6.07) is 20.6. The van der Waals surface area contributed by atoms with Crippen molar-refractivity contribution in [3.05, 3.63) is 96.1 Å². The standard InChI is InChI=1S/C30H32N4O2/c1-22-5-2-3-7-27(22)28-19-32-30(24-12-14-31-15-13-24)33-29(28)25-6-4-16-34(21-25)20-23-8-10-26(11-9-23)36-18-17-35/h2-3,5,7-15,19,25,35H,4,6,16-18,20-21H2,1H3. The lowest BCUT2D eigenvalue weighted by Crippen LogP contribution is -2.34. The maximum absolute atomic E-state index is 8.96. The van der Waals surface area contributed by atoms with Gasteiger partial charge in [-0.1, -0.05) is 36.4 Å². The number of nitrogens with zero attached hydrogens (tertiary/aromatic N) is 4. The lowest BCUT2D eigenvalue weighted by molar-refractivity contribution is 0.197. The van der Waals surface area contributed by atoms with Crippen LogP contribution in [0.5, 0.6) is 5.75 Å². The van der Waals surface area contributed by atoms with Crippen LogP contribution in [0, 0.1) is 6.92 Å². The van der Waals surface area contributed by atoms with Crippen molar-refractivity contribution in [2.45, 2.75) is 32.2 Å². The van der Waals surface area contributed by atoms with Crippen LogP contribution in [0.25, 0.3) is 22.5 Å². The highest BCUT2D eigenvalue weighted by atomic mass is 16.5.